The minimum absolute atomic E-state index is 0.000269. The minimum Gasteiger partial charge on any atom is -0.486 e. The average Bonchev–Trinajstić information content (AvgIpc) is 2.39. The number of ether oxygens (including phenoxy) is 1. The Morgan fingerprint density at radius 2 is 2.05 bits per heavy atom. The quantitative estimate of drug-likeness (QED) is 0.816. The third-order valence-electron chi connectivity index (χ3n) is 2.77. The lowest BCUT2D eigenvalue weighted by molar-refractivity contribution is 0.0939. The highest BCUT2D eigenvalue weighted by atomic mass is 19.1. The lowest BCUT2D eigenvalue weighted by Crippen LogP contribution is -2.14. The summed E-state index contributed by atoms with van der Waals surface area (Å²) >= 11 is 0. The number of carbonyl (C=O) groups excluding carboxylic acids is 1. The molecule has 0 amide bonds. The van der Waals surface area contributed by atoms with Gasteiger partial charge < -0.3 is 10.5 Å². The number of benzene rings is 1. The van der Waals surface area contributed by atoms with Crippen molar-refractivity contribution in [3.05, 3.63) is 41.5 Å². The summed E-state index contributed by atoms with van der Waals surface area (Å²) in [6.45, 7) is 5.70. The summed E-state index contributed by atoms with van der Waals surface area (Å²) in [7, 11) is 0. The zero-order valence-corrected chi connectivity index (χ0v) is 12.6. The van der Waals surface area contributed by atoms with Gasteiger partial charge in [0.05, 0.1) is 6.33 Å². The third-order valence-corrected chi connectivity index (χ3v) is 2.77. The van der Waals surface area contributed by atoms with Crippen LogP contribution in [0.1, 0.15) is 37.6 Å². The van der Waals surface area contributed by atoms with Crippen LogP contribution in [0, 0.1) is 11.2 Å². The zero-order chi connectivity index (χ0) is 16.0. The molecule has 0 bridgehead atoms. The van der Waals surface area contributed by atoms with Crippen LogP contribution >= 0.6 is 0 Å². The number of Topliss-reactive ketones (excluding diaryl/α,β-unsaturated/α-hetero) is 1. The van der Waals surface area contributed by atoms with Crippen molar-refractivity contribution in [2.24, 2.45) is 11.1 Å². The van der Waals surface area contributed by atoms with E-state index in [1.165, 1.54) is 12.1 Å². The largest absolute Gasteiger partial charge is 0.486 e. The zero-order valence-electron chi connectivity index (χ0n) is 12.6. The molecule has 116 valence electrons. The molecule has 0 unspecified atom stereocenters. The van der Waals surface area contributed by atoms with E-state index >= 15 is 0 Å². The normalized spacial score (nSPS) is 12.4. The van der Waals surface area contributed by atoms with Gasteiger partial charge in [0.25, 0.3) is 0 Å². The summed E-state index contributed by atoms with van der Waals surface area (Å²) < 4.78 is 31.3. The Hall–Kier alpha value is -1.75. The first-order valence-electron chi connectivity index (χ1n) is 6.70. The van der Waals surface area contributed by atoms with Gasteiger partial charge in [0.2, 0.25) is 0 Å². The molecule has 0 saturated heterocycles. The van der Waals surface area contributed by atoms with Gasteiger partial charge in [0.1, 0.15) is 6.61 Å². The molecule has 0 atom stereocenters. The SMILES string of the molecule is CC(C)(C)CC(=O)c1ccc(OC/C(=C/F)CN)c(F)c1. The predicted octanol–water partition coefficient (Wildman–Crippen LogP) is 3.64. The van der Waals surface area contributed by atoms with Gasteiger partial charge in [-0.1, -0.05) is 20.8 Å². The Morgan fingerprint density at radius 3 is 2.52 bits per heavy atom. The van der Waals surface area contributed by atoms with Crippen LogP contribution in [0.5, 0.6) is 5.75 Å². The molecule has 0 spiro atoms. The van der Waals surface area contributed by atoms with Crippen LogP contribution in [0.2, 0.25) is 0 Å². The minimum atomic E-state index is -0.648. The van der Waals surface area contributed by atoms with Gasteiger partial charge in [0, 0.05) is 24.1 Å². The summed E-state index contributed by atoms with van der Waals surface area (Å²) in [6, 6.07) is 4.02. The second-order valence-corrected chi connectivity index (χ2v) is 6.07. The second-order valence-electron chi connectivity index (χ2n) is 6.07. The van der Waals surface area contributed by atoms with Crippen molar-refractivity contribution in [3.8, 4) is 5.75 Å². The molecule has 3 nitrogen and oxygen atoms in total. The lowest BCUT2D eigenvalue weighted by Gasteiger charge is -2.17. The molecule has 1 aromatic rings. The van der Waals surface area contributed by atoms with E-state index in [0.29, 0.717) is 18.3 Å². The van der Waals surface area contributed by atoms with E-state index < -0.39 is 5.82 Å². The Labute approximate surface area is 123 Å². The van der Waals surface area contributed by atoms with Crippen molar-refractivity contribution >= 4 is 5.78 Å². The molecule has 0 aliphatic rings. The second kappa shape index (κ2) is 7.31. The summed E-state index contributed by atoms with van der Waals surface area (Å²) in [5.41, 5.74) is 5.64. The monoisotopic (exact) mass is 297 g/mol. The molecule has 0 fully saturated rings. The third kappa shape index (κ3) is 5.63. The molecular formula is C16H21F2NO2. The first-order valence-corrected chi connectivity index (χ1v) is 6.70. The van der Waals surface area contributed by atoms with Gasteiger partial charge >= 0.3 is 0 Å². The topological polar surface area (TPSA) is 52.3 Å². The molecule has 21 heavy (non-hydrogen) atoms. The maximum absolute atomic E-state index is 13.9. The molecule has 1 rings (SSSR count). The summed E-state index contributed by atoms with van der Waals surface area (Å²) in [5.74, 6) is -0.806. The van der Waals surface area contributed by atoms with Crippen molar-refractivity contribution in [3.63, 3.8) is 0 Å². The van der Waals surface area contributed by atoms with Gasteiger partial charge in [-0.15, -0.1) is 0 Å². The predicted molar refractivity (Wildman–Crippen MR) is 78.5 cm³/mol. The highest BCUT2D eigenvalue weighted by Crippen LogP contribution is 2.24. The molecule has 0 aliphatic carbocycles. The summed E-state index contributed by atoms with van der Waals surface area (Å²) in [5, 5.41) is 0. The Balaban J connectivity index is 2.79. The van der Waals surface area contributed by atoms with Crippen LogP contribution in [0.4, 0.5) is 8.78 Å². The van der Waals surface area contributed by atoms with Crippen molar-refractivity contribution in [1.82, 2.24) is 0 Å². The average molecular weight is 297 g/mol. The van der Waals surface area contributed by atoms with Crippen LogP contribution in [0.15, 0.2) is 30.1 Å². The number of hydrogen-bond donors (Lipinski definition) is 1. The van der Waals surface area contributed by atoms with E-state index in [9.17, 15) is 13.6 Å². The van der Waals surface area contributed by atoms with E-state index in [1.807, 2.05) is 20.8 Å². The molecule has 0 aromatic heterocycles. The van der Waals surface area contributed by atoms with Crippen molar-refractivity contribution in [2.75, 3.05) is 13.2 Å². The fourth-order valence-electron chi connectivity index (χ4n) is 1.68. The maximum Gasteiger partial charge on any atom is 0.165 e. The van der Waals surface area contributed by atoms with E-state index in [1.54, 1.807) is 0 Å². The number of halogens is 2. The van der Waals surface area contributed by atoms with Crippen molar-refractivity contribution in [1.29, 1.82) is 0 Å². The summed E-state index contributed by atoms with van der Waals surface area (Å²) in [4.78, 5) is 12.0. The highest BCUT2D eigenvalue weighted by molar-refractivity contribution is 5.96. The van der Waals surface area contributed by atoms with Crippen LogP contribution in [-0.2, 0) is 0 Å². The number of nitrogens with two attached hydrogens (primary N) is 1. The Kier molecular flexibility index (Phi) is 6.03. The fraction of sp³-hybridized carbons (Fsp3) is 0.438. The number of ketones is 1. The molecule has 0 radical (unpaired) electrons. The Morgan fingerprint density at radius 1 is 1.38 bits per heavy atom. The van der Waals surface area contributed by atoms with Crippen LogP contribution in [-0.4, -0.2) is 18.9 Å². The molecular weight excluding hydrogens is 276 g/mol. The van der Waals surface area contributed by atoms with Gasteiger partial charge in [-0.25, -0.2) is 8.78 Å². The number of carbonyl (C=O) groups is 1. The Bertz CT molecular complexity index is 534. The maximum atomic E-state index is 13.9. The van der Waals surface area contributed by atoms with Crippen molar-refractivity contribution in [2.45, 2.75) is 27.2 Å². The van der Waals surface area contributed by atoms with Crippen LogP contribution in [0.25, 0.3) is 0 Å². The molecule has 0 heterocycles. The van der Waals surface area contributed by atoms with Gasteiger partial charge in [0.15, 0.2) is 17.3 Å². The van der Waals surface area contributed by atoms with Crippen LogP contribution < -0.4 is 10.5 Å². The highest BCUT2D eigenvalue weighted by Gasteiger charge is 2.18. The molecule has 5 heteroatoms. The molecule has 1 aromatic carbocycles. The molecule has 2 N–H and O–H groups in total. The first-order chi connectivity index (χ1) is 9.76. The van der Waals surface area contributed by atoms with E-state index in [0.717, 1.165) is 6.07 Å². The van der Waals surface area contributed by atoms with Gasteiger partial charge in [-0.3, -0.25) is 4.79 Å². The van der Waals surface area contributed by atoms with E-state index in [2.05, 4.69) is 0 Å². The van der Waals surface area contributed by atoms with E-state index in [-0.39, 0.29) is 35.7 Å². The number of rotatable bonds is 6. The molecule has 0 saturated carbocycles. The first kappa shape index (κ1) is 17.3. The van der Waals surface area contributed by atoms with Crippen molar-refractivity contribution < 1.29 is 18.3 Å². The van der Waals surface area contributed by atoms with Crippen LogP contribution in [0.3, 0.4) is 0 Å². The summed E-state index contributed by atoms with van der Waals surface area (Å²) in [6.07, 6.45) is 0.674. The smallest absolute Gasteiger partial charge is 0.165 e. The standard InChI is InChI=1S/C16H21F2NO2/c1-16(2,3)7-14(20)12-4-5-15(13(18)6-12)21-10-11(8-17)9-19/h4-6,8H,7,9-10,19H2,1-3H3/b11-8+. The van der Waals surface area contributed by atoms with E-state index in [4.69, 9.17) is 10.5 Å². The van der Waals surface area contributed by atoms with Gasteiger partial charge in [-0.05, 0) is 23.6 Å². The fourth-order valence-corrected chi connectivity index (χ4v) is 1.68. The number of hydrogen-bond acceptors (Lipinski definition) is 3. The lowest BCUT2D eigenvalue weighted by atomic mass is 9.88. The molecule has 0 aliphatic heterocycles. The van der Waals surface area contributed by atoms with Gasteiger partial charge in [-0.2, -0.15) is 0 Å².